The summed E-state index contributed by atoms with van der Waals surface area (Å²) < 4.78 is 33.0. The molecule has 0 saturated carbocycles. The highest BCUT2D eigenvalue weighted by Crippen LogP contribution is 2.23. The number of ketones is 1. The van der Waals surface area contributed by atoms with Gasteiger partial charge in [0.2, 0.25) is 11.7 Å². The van der Waals surface area contributed by atoms with Crippen LogP contribution in [0.2, 0.25) is 0 Å². The fourth-order valence-electron chi connectivity index (χ4n) is 2.32. The maximum Gasteiger partial charge on any atom is 0.227 e. The van der Waals surface area contributed by atoms with Crippen LogP contribution in [-0.2, 0) is 0 Å². The van der Waals surface area contributed by atoms with Crippen molar-refractivity contribution >= 4 is 17.4 Å². The highest BCUT2D eigenvalue weighted by atomic mass is 19.1. The molecule has 3 aromatic rings. The topological polar surface area (TPSA) is 87.9 Å². The van der Waals surface area contributed by atoms with Crippen LogP contribution in [-0.4, -0.2) is 22.9 Å². The first-order chi connectivity index (χ1) is 13.0. The van der Waals surface area contributed by atoms with Gasteiger partial charge in [-0.05, 0) is 30.3 Å². The fraction of sp³-hybridized carbons (Fsp3) is 0.0526. The molecule has 1 aromatic heterocycles. The molecule has 2 aromatic carbocycles. The van der Waals surface area contributed by atoms with E-state index in [1.54, 1.807) is 24.3 Å². The lowest BCUT2D eigenvalue weighted by Crippen LogP contribution is -2.11. The zero-order chi connectivity index (χ0) is 19.4. The minimum Gasteiger partial charge on any atom is -0.497 e. The van der Waals surface area contributed by atoms with Gasteiger partial charge in [-0.1, -0.05) is 0 Å². The molecule has 6 nitrogen and oxygen atoms in total. The highest BCUT2D eigenvalue weighted by molar-refractivity contribution is 6.08. The molecule has 134 valence electrons. The van der Waals surface area contributed by atoms with Gasteiger partial charge in [0.05, 0.1) is 24.3 Å². The molecule has 0 saturated heterocycles. The number of nitriles is 1. The number of methoxy groups -OCH3 is 1. The van der Waals surface area contributed by atoms with Crippen molar-refractivity contribution in [1.29, 1.82) is 5.26 Å². The summed E-state index contributed by atoms with van der Waals surface area (Å²) in [6.45, 7) is 0. The molecule has 0 aliphatic heterocycles. The molecule has 8 heteroatoms. The molecule has 0 bridgehead atoms. The molecule has 1 heterocycles. The quantitative estimate of drug-likeness (QED) is 0.694. The summed E-state index contributed by atoms with van der Waals surface area (Å²) in [7, 11) is 1.27. The van der Waals surface area contributed by atoms with Crippen molar-refractivity contribution in [3.8, 4) is 11.8 Å². The lowest BCUT2D eigenvalue weighted by atomic mass is 10.1. The van der Waals surface area contributed by atoms with Gasteiger partial charge in [-0.25, -0.2) is 18.7 Å². The van der Waals surface area contributed by atoms with Crippen LogP contribution >= 0.6 is 0 Å². The van der Waals surface area contributed by atoms with Crippen LogP contribution in [0.15, 0.2) is 48.7 Å². The smallest absolute Gasteiger partial charge is 0.227 e. The van der Waals surface area contributed by atoms with Crippen molar-refractivity contribution < 1.29 is 18.3 Å². The number of carbonyl (C=O) groups is 1. The molecular formula is C19H12F2N4O2. The lowest BCUT2D eigenvalue weighted by Gasteiger charge is -2.08. The van der Waals surface area contributed by atoms with E-state index in [9.17, 15) is 13.6 Å². The van der Waals surface area contributed by atoms with E-state index < -0.39 is 23.0 Å². The van der Waals surface area contributed by atoms with Crippen LogP contribution in [0.4, 0.5) is 20.4 Å². The Balaban J connectivity index is 1.89. The standard InChI is InChI=1S/C19H12F2N4O2/c1-27-13-8-14(20)17(15(21)9-13)18(26)16-6-7-23-19(25-16)24-12-4-2-11(10-22)3-5-12/h2-9H,1H3,(H,23,24,25). The summed E-state index contributed by atoms with van der Waals surface area (Å²) in [4.78, 5) is 20.5. The molecule has 0 radical (unpaired) electrons. The van der Waals surface area contributed by atoms with Gasteiger partial charge in [0.1, 0.15) is 23.1 Å². The predicted octanol–water partition coefficient (Wildman–Crippen LogP) is 3.61. The minimum atomic E-state index is -1.04. The van der Waals surface area contributed by atoms with Crippen LogP contribution in [0.3, 0.4) is 0 Å². The number of anilines is 2. The van der Waals surface area contributed by atoms with Crippen molar-refractivity contribution in [2.24, 2.45) is 0 Å². The first-order valence-corrected chi connectivity index (χ1v) is 7.70. The Morgan fingerprint density at radius 2 is 1.81 bits per heavy atom. The second-order valence-electron chi connectivity index (χ2n) is 5.37. The molecule has 0 spiro atoms. The number of aromatic nitrogens is 2. The number of ether oxygens (including phenoxy) is 1. The summed E-state index contributed by atoms with van der Waals surface area (Å²) in [5.41, 5.74) is 0.166. The van der Waals surface area contributed by atoms with Gasteiger partial charge < -0.3 is 10.1 Å². The normalized spacial score (nSPS) is 10.1. The number of hydrogen-bond acceptors (Lipinski definition) is 6. The average molecular weight is 366 g/mol. The molecule has 1 N–H and O–H groups in total. The van der Waals surface area contributed by atoms with Crippen LogP contribution in [0, 0.1) is 23.0 Å². The van der Waals surface area contributed by atoms with Crippen LogP contribution in [0.5, 0.6) is 5.75 Å². The minimum absolute atomic E-state index is 0.0348. The Morgan fingerprint density at radius 3 is 2.41 bits per heavy atom. The highest BCUT2D eigenvalue weighted by Gasteiger charge is 2.22. The molecule has 0 aliphatic rings. The van der Waals surface area contributed by atoms with Crippen LogP contribution < -0.4 is 10.1 Å². The van der Waals surface area contributed by atoms with Crippen molar-refractivity contribution in [2.45, 2.75) is 0 Å². The van der Waals surface area contributed by atoms with E-state index in [-0.39, 0.29) is 17.4 Å². The zero-order valence-corrected chi connectivity index (χ0v) is 14.0. The van der Waals surface area contributed by atoms with E-state index in [4.69, 9.17) is 10.00 Å². The Kier molecular flexibility index (Phi) is 5.04. The molecule has 0 amide bonds. The fourth-order valence-corrected chi connectivity index (χ4v) is 2.32. The average Bonchev–Trinajstić information content (AvgIpc) is 2.68. The van der Waals surface area contributed by atoms with Gasteiger partial charge in [0.25, 0.3) is 0 Å². The van der Waals surface area contributed by atoms with E-state index in [0.717, 1.165) is 12.1 Å². The van der Waals surface area contributed by atoms with Gasteiger partial charge >= 0.3 is 0 Å². The molecule has 0 unspecified atom stereocenters. The van der Waals surface area contributed by atoms with Crippen molar-refractivity contribution in [2.75, 3.05) is 12.4 Å². The number of rotatable bonds is 5. The zero-order valence-electron chi connectivity index (χ0n) is 14.0. The van der Waals surface area contributed by atoms with Gasteiger partial charge in [0, 0.05) is 24.0 Å². The molecule has 0 atom stereocenters. The second kappa shape index (κ2) is 7.58. The second-order valence-corrected chi connectivity index (χ2v) is 5.37. The summed E-state index contributed by atoms with van der Waals surface area (Å²) in [6.07, 6.45) is 1.30. The molecule has 0 fully saturated rings. The number of benzene rings is 2. The van der Waals surface area contributed by atoms with Crippen molar-refractivity contribution in [3.63, 3.8) is 0 Å². The first-order valence-electron chi connectivity index (χ1n) is 7.70. The first kappa shape index (κ1) is 17.9. The van der Waals surface area contributed by atoms with E-state index in [1.165, 1.54) is 19.4 Å². The van der Waals surface area contributed by atoms with E-state index >= 15 is 0 Å². The SMILES string of the molecule is COc1cc(F)c(C(=O)c2ccnc(Nc3ccc(C#N)cc3)n2)c(F)c1. The van der Waals surface area contributed by atoms with E-state index in [0.29, 0.717) is 11.3 Å². The van der Waals surface area contributed by atoms with Gasteiger partial charge in [-0.3, -0.25) is 4.79 Å². The van der Waals surface area contributed by atoms with E-state index in [2.05, 4.69) is 15.3 Å². The van der Waals surface area contributed by atoms with Crippen molar-refractivity contribution in [3.05, 3.63) is 77.1 Å². The third-order valence-electron chi connectivity index (χ3n) is 3.64. The Morgan fingerprint density at radius 1 is 1.15 bits per heavy atom. The number of halogens is 2. The monoisotopic (exact) mass is 366 g/mol. The number of carbonyl (C=O) groups excluding carboxylic acids is 1. The molecule has 3 rings (SSSR count). The number of nitrogens with one attached hydrogen (secondary N) is 1. The van der Waals surface area contributed by atoms with Gasteiger partial charge in [-0.15, -0.1) is 0 Å². The summed E-state index contributed by atoms with van der Waals surface area (Å²) in [5.74, 6) is -2.97. The van der Waals surface area contributed by atoms with Crippen LogP contribution in [0.25, 0.3) is 0 Å². The van der Waals surface area contributed by atoms with Crippen molar-refractivity contribution in [1.82, 2.24) is 9.97 Å². The Bertz CT molecular complexity index is 1020. The summed E-state index contributed by atoms with van der Waals surface area (Å²) in [5, 5.41) is 11.7. The maximum absolute atomic E-state index is 14.1. The third-order valence-corrected chi connectivity index (χ3v) is 3.64. The molecule has 0 aliphatic carbocycles. The van der Waals surface area contributed by atoms with E-state index in [1.807, 2.05) is 6.07 Å². The summed E-state index contributed by atoms with van der Waals surface area (Å²) >= 11 is 0. The number of hydrogen-bond donors (Lipinski definition) is 1. The van der Waals surface area contributed by atoms with Gasteiger partial charge in [-0.2, -0.15) is 5.26 Å². The third kappa shape index (κ3) is 3.88. The lowest BCUT2D eigenvalue weighted by molar-refractivity contribution is 0.102. The largest absolute Gasteiger partial charge is 0.497 e. The predicted molar refractivity (Wildman–Crippen MR) is 92.8 cm³/mol. The van der Waals surface area contributed by atoms with Gasteiger partial charge in [0.15, 0.2) is 0 Å². The molecule has 27 heavy (non-hydrogen) atoms. The molecular weight excluding hydrogens is 354 g/mol. The maximum atomic E-state index is 14.1. The number of nitrogens with zero attached hydrogens (tertiary/aromatic N) is 3. The summed E-state index contributed by atoms with van der Waals surface area (Å²) in [6, 6.07) is 11.6. The van der Waals surface area contributed by atoms with Crippen LogP contribution in [0.1, 0.15) is 21.6 Å². The Hall–Kier alpha value is -3.86. The Labute approximate surface area is 153 Å².